The van der Waals surface area contributed by atoms with Gasteiger partial charge < -0.3 is 10.6 Å². The predicted octanol–water partition coefficient (Wildman–Crippen LogP) is 2.66. The second-order valence-corrected chi connectivity index (χ2v) is 8.02. The van der Waals surface area contributed by atoms with Crippen molar-refractivity contribution in [3.05, 3.63) is 51.7 Å². The van der Waals surface area contributed by atoms with E-state index in [2.05, 4.69) is 20.3 Å². The molecule has 0 spiro atoms. The van der Waals surface area contributed by atoms with Crippen molar-refractivity contribution in [2.45, 2.75) is 11.4 Å². The van der Waals surface area contributed by atoms with Crippen molar-refractivity contribution in [3.8, 4) is 0 Å². The number of nitrogens with one attached hydrogen (secondary N) is 3. The van der Waals surface area contributed by atoms with Gasteiger partial charge in [0.05, 0.1) is 11.4 Å². The zero-order chi connectivity index (χ0) is 17.4. The first-order chi connectivity index (χ1) is 11.5. The SMILES string of the molecule is CN=C(NCCNS(=O)(=O)c1cccc(Cl)c1)NCc1cccs1.I. The van der Waals surface area contributed by atoms with Gasteiger partial charge in [-0.05, 0) is 29.6 Å². The van der Waals surface area contributed by atoms with Crippen LogP contribution in [0.5, 0.6) is 0 Å². The molecule has 0 amide bonds. The van der Waals surface area contributed by atoms with Crippen LogP contribution in [0.2, 0.25) is 5.02 Å². The Bertz CT molecular complexity index is 783. The number of nitrogens with zero attached hydrogens (tertiary/aromatic N) is 1. The third kappa shape index (κ3) is 7.48. The van der Waals surface area contributed by atoms with Gasteiger partial charge in [-0.25, -0.2) is 13.1 Å². The normalized spacial score (nSPS) is 11.7. The van der Waals surface area contributed by atoms with Crippen molar-refractivity contribution in [2.75, 3.05) is 20.1 Å². The van der Waals surface area contributed by atoms with Crippen LogP contribution in [0.3, 0.4) is 0 Å². The smallest absolute Gasteiger partial charge is 0.240 e. The molecule has 0 radical (unpaired) electrons. The molecular formula is C15H20ClIN4O2S2. The monoisotopic (exact) mass is 514 g/mol. The molecule has 10 heteroatoms. The largest absolute Gasteiger partial charge is 0.355 e. The Morgan fingerprint density at radius 1 is 1.20 bits per heavy atom. The van der Waals surface area contributed by atoms with Crippen molar-refractivity contribution < 1.29 is 8.42 Å². The van der Waals surface area contributed by atoms with Gasteiger partial charge in [0, 0.05) is 30.0 Å². The van der Waals surface area contributed by atoms with E-state index < -0.39 is 10.0 Å². The summed E-state index contributed by atoms with van der Waals surface area (Å²) in [6, 6.07) is 10.2. The minimum Gasteiger partial charge on any atom is -0.355 e. The Hall–Kier alpha value is -0.880. The zero-order valence-electron chi connectivity index (χ0n) is 13.5. The molecule has 1 aromatic carbocycles. The summed E-state index contributed by atoms with van der Waals surface area (Å²) >= 11 is 7.48. The maximum absolute atomic E-state index is 12.1. The third-order valence-corrected chi connectivity index (χ3v) is 5.62. The molecule has 25 heavy (non-hydrogen) atoms. The Morgan fingerprint density at radius 2 is 2.00 bits per heavy atom. The number of benzene rings is 1. The lowest BCUT2D eigenvalue weighted by Gasteiger charge is -2.12. The lowest BCUT2D eigenvalue weighted by atomic mass is 10.4. The Balaban J connectivity index is 0.00000312. The highest BCUT2D eigenvalue weighted by Crippen LogP contribution is 2.14. The van der Waals surface area contributed by atoms with Crippen LogP contribution in [0.4, 0.5) is 0 Å². The maximum Gasteiger partial charge on any atom is 0.240 e. The number of aliphatic imine (C=N–C) groups is 1. The first kappa shape index (κ1) is 22.2. The molecule has 138 valence electrons. The average Bonchev–Trinajstić information content (AvgIpc) is 3.07. The standard InChI is InChI=1S/C15H19ClN4O2S2.HI/c1-17-15(19-11-13-5-3-9-23-13)18-7-8-20-24(21,22)14-6-2-4-12(16)10-14;/h2-6,9-10,20H,7-8,11H2,1H3,(H2,17,18,19);1H. The van der Waals surface area contributed by atoms with Gasteiger partial charge in [0.2, 0.25) is 10.0 Å². The number of thiophene rings is 1. The highest BCUT2D eigenvalue weighted by molar-refractivity contribution is 14.0. The summed E-state index contributed by atoms with van der Waals surface area (Å²) in [7, 11) is -1.90. The average molecular weight is 515 g/mol. The Morgan fingerprint density at radius 3 is 2.64 bits per heavy atom. The molecule has 0 fully saturated rings. The van der Waals surface area contributed by atoms with Gasteiger partial charge in [-0.3, -0.25) is 4.99 Å². The minimum atomic E-state index is -3.57. The number of hydrogen-bond donors (Lipinski definition) is 3. The summed E-state index contributed by atoms with van der Waals surface area (Å²) in [5.41, 5.74) is 0. The van der Waals surface area contributed by atoms with Crippen LogP contribution in [0.1, 0.15) is 4.88 Å². The van der Waals surface area contributed by atoms with Crippen LogP contribution >= 0.6 is 46.9 Å². The molecule has 1 heterocycles. The quantitative estimate of drug-likeness (QED) is 0.230. The molecule has 0 aliphatic rings. The van der Waals surface area contributed by atoms with Crippen LogP contribution in [-0.2, 0) is 16.6 Å². The van der Waals surface area contributed by atoms with E-state index in [0.717, 1.165) is 0 Å². The summed E-state index contributed by atoms with van der Waals surface area (Å²) in [4.78, 5) is 5.44. The summed E-state index contributed by atoms with van der Waals surface area (Å²) in [6.45, 7) is 1.31. The lowest BCUT2D eigenvalue weighted by Crippen LogP contribution is -2.41. The second kappa shape index (κ2) is 11.0. The molecule has 0 aliphatic carbocycles. The first-order valence-electron chi connectivity index (χ1n) is 7.23. The van der Waals surface area contributed by atoms with E-state index in [-0.39, 0.29) is 35.4 Å². The highest BCUT2D eigenvalue weighted by atomic mass is 127. The van der Waals surface area contributed by atoms with E-state index in [9.17, 15) is 8.42 Å². The fourth-order valence-corrected chi connectivity index (χ4v) is 3.87. The van der Waals surface area contributed by atoms with Gasteiger partial charge in [0.1, 0.15) is 0 Å². The molecule has 6 nitrogen and oxygen atoms in total. The van der Waals surface area contributed by atoms with Crippen molar-refractivity contribution in [1.29, 1.82) is 0 Å². The van der Waals surface area contributed by atoms with E-state index in [4.69, 9.17) is 11.6 Å². The van der Waals surface area contributed by atoms with E-state index in [1.165, 1.54) is 17.0 Å². The van der Waals surface area contributed by atoms with Crippen LogP contribution in [0, 0.1) is 0 Å². The number of sulfonamides is 1. The molecular weight excluding hydrogens is 495 g/mol. The van der Waals surface area contributed by atoms with Crippen LogP contribution in [-0.4, -0.2) is 34.5 Å². The molecule has 0 unspecified atom stereocenters. The van der Waals surface area contributed by atoms with Crippen LogP contribution in [0.15, 0.2) is 51.7 Å². The molecule has 0 aliphatic heterocycles. The fraction of sp³-hybridized carbons (Fsp3) is 0.267. The molecule has 0 saturated heterocycles. The number of halogens is 2. The topological polar surface area (TPSA) is 82.6 Å². The Kier molecular flexibility index (Phi) is 9.72. The second-order valence-electron chi connectivity index (χ2n) is 4.79. The molecule has 1 aromatic heterocycles. The predicted molar refractivity (Wildman–Crippen MR) is 115 cm³/mol. The minimum absolute atomic E-state index is 0. The zero-order valence-corrected chi connectivity index (χ0v) is 18.2. The van der Waals surface area contributed by atoms with E-state index >= 15 is 0 Å². The van der Waals surface area contributed by atoms with Gasteiger partial charge in [0.25, 0.3) is 0 Å². The fourth-order valence-electron chi connectivity index (χ4n) is 1.89. The van der Waals surface area contributed by atoms with Crippen molar-refractivity contribution in [3.63, 3.8) is 0 Å². The Labute approximate surface area is 174 Å². The number of guanidine groups is 1. The van der Waals surface area contributed by atoms with Crippen LogP contribution in [0.25, 0.3) is 0 Å². The van der Waals surface area contributed by atoms with Gasteiger partial charge in [-0.15, -0.1) is 35.3 Å². The van der Waals surface area contributed by atoms with Gasteiger partial charge in [-0.2, -0.15) is 0 Å². The van der Waals surface area contributed by atoms with E-state index in [0.29, 0.717) is 24.1 Å². The summed E-state index contributed by atoms with van der Waals surface area (Å²) in [5.74, 6) is 0.616. The van der Waals surface area contributed by atoms with Crippen molar-refractivity contribution in [1.82, 2.24) is 15.4 Å². The molecule has 2 aromatic rings. The lowest BCUT2D eigenvalue weighted by molar-refractivity contribution is 0.580. The van der Waals surface area contributed by atoms with Crippen molar-refractivity contribution >= 4 is 62.9 Å². The van der Waals surface area contributed by atoms with E-state index in [1.54, 1.807) is 30.5 Å². The highest BCUT2D eigenvalue weighted by Gasteiger charge is 2.13. The summed E-state index contributed by atoms with van der Waals surface area (Å²) < 4.78 is 26.8. The van der Waals surface area contributed by atoms with Crippen molar-refractivity contribution in [2.24, 2.45) is 4.99 Å². The molecule has 0 bridgehead atoms. The number of hydrogen-bond acceptors (Lipinski definition) is 4. The van der Waals surface area contributed by atoms with Gasteiger partial charge in [-0.1, -0.05) is 23.7 Å². The van der Waals surface area contributed by atoms with E-state index in [1.807, 2.05) is 17.5 Å². The first-order valence-corrected chi connectivity index (χ1v) is 9.97. The van der Waals surface area contributed by atoms with Crippen LogP contribution < -0.4 is 15.4 Å². The molecule has 3 N–H and O–H groups in total. The van der Waals surface area contributed by atoms with Gasteiger partial charge >= 0.3 is 0 Å². The summed E-state index contributed by atoms with van der Waals surface area (Å²) in [5, 5.41) is 8.62. The molecule has 2 rings (SSSR count). The molecule has 0 atom stereocenters. The molecule has 0 saturated carbocycles. The number of rotatable bonds is 7. The third-order valence-electron chi connectivity index (χ3n) is 3.05. The van der Waals surface area contributed by atoms with Gasteiger partial charge in [0.15, 0.2) is 5.96 Å². The maximum atomic E-state index is 12.1. The summed E-state index contributed by atoms with van der Waals surface area (Å²) in [6.07, 6.45) is 0.